The van der Waals surface area contributed by atoms with Crippen LogP contribution in [0.1, 0.15) is 108 Å². The molecule has 4 amide bonds. The number of amides is 4. The molecule has 5 aromatic rings. The minimum atomic E-state index is -0.725. The van der Waals surface area contributed by atoms with Gasteiger partial charge in [-0.3, -0.25) is 9.59 Å². The van der Waals surface area contributed by atoms with E-state index in [2.05, 4.69) is 63.9 Å². The Hall–Kier alpha value is -6.12. The summed E-state index contributed by atoms with van der Waals surface area (Å²) in [5, 5.41) is 7.60. The first-order valence-corrected chi connectivity index (χ1v) is 22.5. The zero-order valence-electron chi connectivity index (χ0n) is 37.0. The molecule has 1 aliphatic carbocycles. The molecule has 15 heteroatoms. The Bertz CT molecular complexity index is 2560. The largest absolute Gasteiger partial charge is 0.488 e. The molecule has 9 rings (SSSR count). The number of carbonyl (C=O) groups is 4. The zero-order chi connectivity index (χ0) is 44.1. The van der Waals surface area contributed by atoms with Crippen LogP contribution >= 0.6 is 0 Å². The summed E-state index contributed by atoms with van der Waals surface area (Å²) in [5.41, 5.74) is 6.65. The second-order valence-electron chi connectivity index (χ2n) is 18.4. The second-order valence-corrected chi connectivity index (χ2v) is 18.4. The van der Waals surface area contributed by atoms with E-state index < -0.39 is 24.3 Å². The van der Waals surface area contributed by atoms with Gasteiger partial charge < -0.3 is 44.6 Å². The summed E-state index contributed by atoms with van der Waals surface area (Å²) in [6.45, 7) is 9.00. The highest BCUT2D eigenvalue weighted by Gasteiger charge is 2.43. The molecule has 63 heavy (non-hydrogen) atoms. The highest BCUT2D eigenvalue weighted by Crippen LogP contribution is 2.44. The molecule has 3 aromatic carbocycles. The van der Waals surface area contributed by atoms with Crippen molar-refractivity contribution in [3.63, 3.8) is 0 Å². The number of alkyl carbamates (subject to hydrolysis) is 2. The summed E-state index contributed by atoms with van der Waals surface area (Å²) in [6, 6.07) is 12.8. The number of aromatic amines is 2. The molecule has 6 atom stereocenters. The number of hydrogen-bond acceptors (Lipinski definition) is 9. The number of nitrogens with zero attached hydrogens (tertiary/aromatic N) is 4. The highest BCUT2D eigenvalue weighted by molar-refractivity contribution is 6.07. The minimum Gasteiger partial charge on any atom is -0.488 e. The van der Waals surface area contributed by atoms with Crippen LogP contribution in [0.2, 0.25) is 0 Å². The van der Waals surface area contributed by atoms with Crippen molar-refractivity contribution in [2.45, 2.75) is 116 Å². The Morgan fingerprint density at radius 2 is 1.62 bits per heavy atom. The number of ether oxygens (including phenoxy) is 3. The van der Waals surface area contributed by atoms with Crippen LogP contribution < -0.4 is 15.4 Å². The third-order valence-electron chi connectivity index (χ3n) is 13.9. The third kappa shape index (κ3) is 7.95. The summed E-state index contributed by atoms with van der Waals surface area (Å²) < 4.78 is 16.2. The average molecular weight is 859 g/mol. The van der Waals surface area contributed by atoms with E-state index in [0.29, 0.717) is 13.2 Å². The van der Waals surface area contributed by atoms with Crippen LogP contribution in [-0.4, -0.2) is 92.6 Å². The first kappa shape index (κ1) is 42.2. The fourth-order valence-electron chi connectivity index (χ4n) is 10.5. The number of benzene rings is 3. The van der Waals surface area contributed by atoms with Crippen LogP contribution in [0, 0.1) is 17.8 Å². The van der Waals surface area contributed by atoms with Gasteiger partial charge in [-0.1, -0.05) is 58.2 Å². The van der Waals surface area contributed by atoms with E-state index in [0.717, 1.165) is 119 Å². The van der Waals surface area contributed by atoms with Gasteiger partial charge in [0.15, 0.2) is 0 Å². The smallest absolute Gasteiger partial charge is 0.407 e. The Labute approximate surface area is 367 Å². The van der Waals surface area contributed by atoms with Crippen molar-refractivity contribution >= 4 is 45.8 Å². The number of methoxy groups -OCH3 is 2. The Balaban J connectivity index is 0.959. The van der Waals surface area contributed by atoms with Gasteiger partial charge in [0.1, 0.15) is 36.1 Å². The summed E-state index contributed by atoms with van der Waals surface area (Å²) in [5.74, 6) is 2.23. The number of aromatic nitrogens is 4. The van der Waals surface area contributed by atoms with E-state index in [9.17, 15) is 19.2 Å². The lowest BCUT2D eigenvalue weighted by atomic mass is 9.83. The van der Waals surface area contributed by atoms with Crippen LogP contribution in [0.25, 0.3) is 44.2 Å². The predicted octanol–water partition coefficient (Wildman–Crippen LogP) is 8.31. The maximum absolute atomic E-state index is 14.3. The predicted molar refractivity (Wildman–Crippen MR) is 238 cm³/mol. The number of imidazole rings is 2. The molecule has 5 heterocycles. The van der Waals surface area contributed by atoms with E-state index >= 15 is 0 Å². The molecule has 4 N–H and O–H groups in total. The lowest BCUT2D eigenvalue weighted by molar-refractivity contribution is -0.137. The van der Waals surface area contributed by atoms with Crippen molar-refractivity contribution in [1.29, 1.82) is 0 Å². The van der Waals surface area contributed by atoms with E-state index in [1.165, 1.54) is 14.2 Å². The third-order valence-corrected chi connectivity index (χ3v) is 13.9. The number of hydrogen-bond donors (Lipinski definition) is 4. The van der Waals surface area contributed by atoms with Gasteiger partial charge >= 0.3 is 12.2 Å². The maximum atomic E-state index is 14.3. The lowest BCUT2D eigenvalue weighted by Gasteiger charge is -2.34. The summed E-state index contributed by atoms with van der Waals surface area (Å²) in [6.07, 6.45) is 8.02. The van der Waals surface area contributed by atoms with E-state index in [-0.39, 0.29) is 47.7 Å². The van der Waals surface area contributed by atoms with Gasteiger partial charge in [-0.05, 0) is 103 Å². The molecule has 332 valence electrons. The average Bonchev–Trinajstić information content (AvgIpc) is 4.12. The van der Waals surface area contributed by atoms with Crippen molar-refractivity contribution < 1.29 is 33.4 Å². The van der Waals surface area contributed by atoms with Crippen LogP contribution in [0.15, 0.2) is 48.7 Å². The van der Waals surface area contributed by atoms with Gasteiger partial charge in [-0.25, -0.2) is 19.6 Å². The second kappa shape index (κ2) is 17.2. The topological polar surface area (TPSA) is 184 Å². The van der Waals surface area contributed by atoms with Crippen LogP contribution in [0.5, 0.6) is 5.75 Å². The van der Waals surface area contributed by atoms with Crippen molar-refractivity contribution in [3.8, 4) is 28.1 Å². The van der Waals surface area contributed by atoms with Crippen LogP contribution in [-0.2, 0) is 25.7 Å². The van der Waals surface area contributed by atoms with Crippen molar-refractivity contribution in [1.82, 2.24) is 40.4 Å². The first-order chi connectivity index (χ1) is 30.4. The molecule has 15 nitrogen and oxygen atoms in total. The number of rotatable bonds is 9. The molecular weight excluding hydrogens is 801 g/mol. The zero-order valence-corrected chi connectivity index (χ0v) is 37.0. The number of carbonyl (C=O) groups excluding carboxylic acids is 4. The monoisotopic (exact) mass is 858 g/mol. The molecule has 0 radical (unpaired) electrons. The molecule has 0 bridgehead atoms. The number of likely N-dealkylation sites (tertiary alicyclic amines) is 2. The molecule has 2 saturated heterocycles. The normalized spacial score (nSPS) is 22.1. The van der Waals surface area contributed by atoms with E-state index in [1.54, 1.807) is 0 Å². The van der Waals surface area contributed by atoms with Gasteiger partial charge in [0.05, 0.1) is 49.2 Å². The quantitative estimate of drug-likeness (QED) is 0.113. The number of nitrogens with one attached hydrogen (secondary N) is 4. The minimum absolute atomic E-state index is 0.0244. The van der Waals surface area contributed by atoms with Gasteiger partial charge in [0.2, 0.25) is 11.8 Å². The molecule has 3 aliphatic heterocycles. The van der Waals surface area contributed by atoms with Gasteiger partial charge in [-0.15, -0.1) is 0 Å². The standard InChI is InChI=1S/C48H58N8O7/c1-25(2)40(53-47(59)61-5)46(58)56-27(4)12-17-37(56)44-50-35-16-14-29-20-34-32-15-13-30(19-31(32)24-63-39(34)21-33(29)42(35)52-44)36-22-49-43(51-36)38-18-26(3)23-55(38)45(57)41(54-48(60)62-6)28-10-8-7-9-11-28/h13-16,19-22,25-28,37-38,40-41H,7-12,17-18,23-24H2,1-6H3,(H,49,51)(H,50,52)(H,53,59)(H,54,60)/t26-,27-,37-,38-,40-,41-/m0/s1. The fraction of sp³-hybridized carbons (Fsp3) is 0.500. The van der Waals surface area contributed by atoms with Crippen molar-refractivity contribution in [2.75, 3.05) is 20.8 Å². The van der Waals surface area contributed by atoms with Gasteiger partial charge in [-0.2, -0.15) is 0 Å². The Kier molecular flexibility index (Phi) is 11.5. The van der Waals surface area contributed by atoms with Crippen LogP contribution in [0.3, 0.4) is 0 Å². The summed E-state index contributed by atoms with van der Waals surface area (Å²) >= 11 is 0. The van der Waals surface area contributed by atoms with Crippen LogP contribution in [0.4, 0.5) is 9.59 Å². The highest BCUT2D eigenvalue weighted by atomic mass is 16.5. The maximum Gasteiger partial charge on any atom is 0.407 e. The Morgan fingerprint density at radius 3 is 2.38 bits per heavy atom. The fourth-order valence-corrected chi connectivity index (χ4v) is 10.5. The Morgan fingerprint density at radius 1 is 0.841 bits per heavy atom. The van der Waals surface area contributed by atoms with Gasteiger partial charge in [0, 0.05) is 23.5 Å². The number of H-pyrrole nitrogens is 2. The molecule has 2 aromatic heterocycles. The van der Waals surface area contributed by atoms with E-state index in [4.69, 9.17) is 24.2 Å². The van der Waals surface area contributed by atoms with Crippen molar-refractivity contribution in [2.24, 2.45) is 17.8 Å². The summed E-state index contributed by atoms with van der Waals surface area (Å²) in [7, 11) is 2.63. The summed E-state index contributed by atoms with van der Waals surface area (Å²) in [4.78, 5) is 73.6. The molecule has 0 spiro atoms. The molecule has 4 aliphatic rings. The molecule has 3 fully saturated rings. The lowest BCUT2D eigenvalue weighted by Crippen LogP contribution is -2.52. The molecule has 0 unspecified atom stereocenters. The molecular formula is C48H58N8O7. The first-order valence-electron chi connectivity index (χ1n) is 22.5. The van der Waals surface area contributed by atoms with Gasteiger partial charge in [0.25, 0.3) is 0 Å². The SMILES string of the molecule is COC(=O)N[C@H](C(=O)N1[C@@H](C)CC[C@H]1c1nc2c(ccc3cc4c(cc32)OCc2cc(-c3cnc([C@@H]5C[C@H](C)CN5C(=O)[C@@H](NC(=O)OC)C5CCCCC5)[nH]3)ccc2-4)[nH]1)C(C)C. The van der Waals surface area contributed by atoms with Crippen molar-refractivity contribution in [3.05, 3.63) is 65.9 Å². The molecule has 1 saturated carbocycles. The number of fused-ring (bicyclic) bond motifs is 6. The van der Waals surface area contributed by atoms with E-state index in [1.807, 2.05) is 42.8 Å².